The van der Waals surface area contributed by atoms with Crippen LogP contribution in [0.1, 0.15) is 50.8 Å². The van der Waals surface area contributed by atoms with Crippen LogP contribution in [0.15, 0.2) is 9.64 Å². The minimum Gasteiger partial charge on any atom is -0.415 e. The van der Waals surface area contributed by atoms with Crippen LogP contribution in [-0.4, -0.2) is 47.8 Å². The lowest BCUT2D eigenvalue weighted by Crippen LogP contribution is -2.48. The molecule has 1 atom stereocenters. The summed E-state index contributed by atoms with van der Waals surface area (Å²) in [6.45, 7) is 0. The normalized spacial score (nSPS) is 39.0. The molecule has 6 rings (SSSR count). The number of amides is 1. The molecule has 1 aromatic rings. The highest BCUT2D eigenvalue weighted by Crippen LogP contribution is 2.60. The average molecular weight is 412 g/mol. The number of carbonyl (C=O) groups is 1. The van der Waals surface area contributed by atoms with Gasteiger partial charge in [0.1, 0.15) is 0 Å². The van der Waals surface area contributed by atoms with Crippen LogP contribution in [0.4, 0.5) is 0 Å². The maximum absolute atomic E-state index is 12.1. The lowest BCUT2D eigenvalue weighted by Gasteiger charge is -2.55. The Kier molecular flexibility index (Phi) is 4.31. The molecule has 4 aliphatic carbocycles. The molecular weight excluding hydrogens is 386 g/mol. The topological polar surface area (TPSA) is 102 Å². The van der Waals surface area contributed by atoms with Gasteiger partial charge < -0.3 is 9.73 Å². The van der Waals surface area contributed by atoms with Crippen molar-refractivity contribution in [3.8, 4) is 0 Å². The summed E-state index contributed by atoms with van der Waals surface area (Å²) in [6.07, 6.45) is 8.10. The number of aromatic nitrogens is 2. The molecule has 7 nitrogen and oxygen atoms in total. The van der Waals surface area contributed by atoms with Crippen LogP contribution < -0.4 is 5.32 Å². The molecule has 1 N–H and O–H groups in total. The molecular formula is C18H25N3O4S2. The van der Waals surface area contributed by atoms with E-state index in [1.165, 1.54) is 50.3 Å². The first-order valence-electron chi connectivity index (χ1n) is 9.86. The Morgan fingerprint density at radius 1 is 1.15 bits per heavy atom. The molecule has 0 radical (unpaired) electrons. The largest absolute Gasteiger partial charge is 0.415 e. The van der Waals surface area contributed by atoms with Crippen molar-refractivity contribution in [2.45, 2.75) is 61.6 Å². The SMILES string of the molecule is O=C(CSc1nnc(C23CC4CC(CC(C4)C2)C3)o1)N[C@H]1CCS(=O)(=O)C1. The van der Waals surface area contributed by atoms with Gasteiger partial charge >= 0.3 is 0 Å². The minimum absolute atomic E-state index is 0.0418. The van der Waals surface area contributed by atoms with Gasteiger partial charge in [-0.05, 0) is 62.7 Å². The van der Waals surface area contributed by atoms with E-state index in [0.717, 1.165) is 23.6 Å². The zero-order valence-electron chi connectivity index (χ0n) is 15.2. The Hall–Kier alpha value is -1.09. The fraction of sp³-hybridized carbons (Fsp3) is 0.833. The van der Waals surface area contributed by atoms with Crippen molar-refractivity contribution in [2.24, 2.45) is 17.8 Å². The second-order valence-electron chi connectivity index (χ2n) is 9.03. The summed E-state index contributed by atoms with van der Waals surface area (Å²) in [5.74, 6) is 3.39. The van der Waals surface area contributed by atoms with Gasteiger partial charge in [-0.3, -0.25) is 4.79 Å². The highest BCUT2D eigenvalue weighted by molar-refractivity contribution is 7.99. The van der Waals surface area contributed by atoms with Crippen molar-refractivity contribution in [3.63, 3.8) is 0 Å². The van der Waals surface area contributed by atoms with Crippen molar-refractivity contribution < 1.29 is 17.6 Å². The van der Waals surface area contributed by atoms with Crippen LogP contribution >= 0.6 is 11.8 Å². The lowest BCUT2D eigenvalue weighted by molar-refractivity contribution is -0.119. The molecule has 5 fully saturated rings. The van der Waals surface area contributed by atoms with E-state index >= 15 is 0 Å². The van der Waals surface area contributed by atoms with Crippen LogP contribution in [0.2, 0.25) is 0 Å². The summed E-state index contributed by atoms with van der Waals surface area (Å²) in [5.41, 5.74) is 0.0705. The van der Waals surface area contributed by atoms with Gasteiger partial charge in [0.25, 0.3) is 5.22 Å². The quantitative estimate of drug-likeness (QED) is 0.739. The number of nitrogens with zero attached hydrogens (tertiary/aromatic N) is 2. The Bertz CT molecular complexity index is 815. The number of rotatable bonds is 5. The Balaban J connectivity index is 1.19. The first kappa shape index (κ1) is 18.0. The lowest BCUT2D eigenvalue weighted by atomic mass is 9.49. The molecule has 1 amide bonds. The van der Waals surface area contributed by atoms with E-state index in [9.17, 15) is 13.2 Å². The van der Waals surface area contributed by atoms with Gasteiger partial charge in [-0.1, -0.05) is 11.8 Å². The van der Waals surface area contributed by atoms with Gasteiger partial charge in [-0.15, -0.1) is 10.2 Å². The number of carbonyl (C=O) groups excluding carboxylic acids is 1. The second-order valence-corrected chi connectivity index (χ2v) is 12.2. The fourth-order valence-electron chi connectivity index (χ4n) is 6.16. The zero-order valence-corrected chi connectivity index (χ0v) is 16.9. The van der Waals surface area contributed by atoms with E-state index in [4.69, 9.17) is 4.42 Å². The smallest absolute Gasteiger partial charge is 0.277 e. The summed E-state index contributed by atoms with van der Waals surface area (Å²) in [7, 11) is -2.99. The first-order valence-corrected chi connectivity index (χ1v) is 12.7. The summed E-state index contributed by atoms with van der Waals surface area (Å²) < 4.78 is 28.9. The van der Waals surface area contributed by atoms with Gasteiger partial charge in [-0.2, -0.15) is 0 Å². The molecule has 5 aliphatic rings. The van der Waals surface area contributed by atoms with E-state index in [2.05, 4.69) is 15.5 Å². The second kappa shape index (κ2) is 6.47. The van der Waals surface area contributed by atoms with E-state index in [1.54, 1.807) is 0 Å². The number of nitrogens with one attached hydrogen (secondary N) is 1. The summed E-state index contributed by atoms with van der Waals surface area (Å²) in [5, 5.41) is 11.8. The molecule has 2 heterocycles. The highest BCUT2D eigenvalue weighted by Gasteiger charge is 2.54. The number of hydrogen-bond donors (Lipinski definition) is 1. The van der Waals surface area contributed by atoms with Crippen molar-refractivity contribution in [2.75, 3.05) is 17.3 Å². The van der Waals surface area contributed by atoms with Crippen LogP contribution in [0.5, 0.6) is 0 Å². The maximum Gasteiger partial charge on any atom is 0.277 e. The number of thioether (sulfide) groups is 1. The molecule has 27 heavy (non-hydrogen) atoms. The van der Waals surface area contributed by atoms with E-state index in [1.807, 2.05) is 0 Å². The Labute approximate surface area is 163 Å². The summed E-state index contributed by atoms with van der Waals surface area (Å²) >= 11 is 1.23. The van der Waals surface area contributed by atoms with Gasteiger partial charge in [0, 0.05) is 11.5 Å². The molecule has 4 saturated carbocycles. The van der Waals surface area contributed by atoms with Crippen molar-refractivity contribution in [1.29, 1.82) is 0 Å². The molecule has 0 unspecified atom stereocenters. The first-order chi connectivity index (χ1) is 12.9. The molecule has 1 saturated heterocycles. The van der Waals surface area contributed by atoms with Crippen LogP contribution in [0, 0.1) is 17.8 Å². The van der Waals surface area contributed by atoms with Gasteiger partial charge in [0.05, 0.1) is 17.3 Å². The third kappa shape index (κ3) is 3.52. The van der Waals surface area contributed by atoms with Gasteiger partial charge in [0.2, 0.25) is 11.8 Å². The molecule has 0 spiro atoms. The average Bonchev–Trinajstić information content (AvgIpc) is 3.18. The highest BCUT2D eigenvalue weighted by atomic mass is 32.2. The minimum atomic E-state index is -2.99. The van der Waals surface area contributed by atoms with Crippen molar-refractivity contribution in [1.82, 2.24) is 15.5 Å². The summed E-state index contributed by atoms with van der Waals surface area (Å²) in [4.78, 5) is 12.1. The zero-order chi connectivity index (χ0) is 18.6. The van der Waals surface area contributed by atoms with Crippen molar-refractivity contribution >= 4 is 27.5 Å². The van der Waals surface area contributed by atoms with Gasteiger partial charge in [0.15, 0.2) is 9.84 Å². The molecule has 9 heteroatoms. The molecule has 1 aliphatic heterocycles. The third-order valence-corrected chi connectivity index (χ3v) is 9.41. The molecule has 1 aromatic heterocycles. The van der Waals surface area contributed by atoms with Crippen molar-refractivity contribution in [3.05, 3.63) is 5.89 Å². The summed E-state index contributed by atoms with van der Waals surface area (Å²) in [6, 6.07) is -0.270. The van der Waals surface area contributed by atoms with Crippen LogP contribution in [-0.2, 0) is 20.0 Å². The standard InChI is InChI=1S/C18H25N3O4S2/c22-15(19-14-1-2-27(23,24)10-14)9-26-17-21-20-16(25-17)18-6-11-3-12(7-18)5-13(4-11)8-18/h11-14H,1-10H2,(H,19,22)/t11?,12?,13?,14-,18?/m0/s1. The van der Waals surface area contributed by atoms with Crippen LogP contribution in [0.3, 0.4) is 0 Å². The predicted molar refractivity (Wildman–Crippen MR) is 100 cm³/mol. The number of sulfone groups is 1. The van der Waals surface area contributed by atoms with Gasteiger partial charge in [-0.25, -0.2) is 8.42 Å². The molecule has 0 aromatic carbocycles. The monoisotopic (exact) mass is 411 g/mol. The van der Waals surface area contributed by atoms with Crippen LogP contribution in [0.25, 0.3) is 0 Å². The third-order valence-electron chi connectivity index (χ3n) is 6.82. The van der Waals surface area contributed by atoms with E-state index in [0.29, 0.717) is 11.6 Å². The molecule has 148 valence electrons. The Morgan fingerprint density at radius 3 is 2.41 bits per heavy atom. The fourth-order valence-corrected chi connectivity index (χ4v) is 8.41. The molecule has 4 bridgehead atoms. The predicted octanol–water partition coefficient (Wildman–Crippen LogP) is 1.93. The maximum atomic E-state index is 12.1. The Morgan fingerprint density at radius 2 is 1.81 bits per heavy atom. The number of hydrogen-bond acceptors (Lipinski definition) is 7. The van der Waals surface area contributed by atoms with E-state index < -0.39 is 9.84 Å². The van der Waals surface area contributed by atoms with E-state index in [-0.39, 0.29) is 34.6 Å².